The lowest BCUT2D eigenvalue weighted by molar-refractivity contribution is 0.730. The number of nitrogens with zero attached hydrogens (tertiary/aromatic N) is 2. The fraction of sp³-hybridized carbons (Fsp3) is 0.714. The molecular formula is C7H11N3. The first-order valence-electron chi connectivity index (χ1n) is 3.62. The number of amidine groups is 1. The molecular weight excluding hydrogens is 126 g/mol. The van der Waals surface area contributed by atoms with Crippen molar-refractivity contribution in [3.8, 4) is 6.19 Å². The predicted octanol–water partition coefficient (Wildman–Crippen LogP) is 1.03. The highest BCUT2D eigenvalue weighted by molar-refractivity contribution is 5.83. The Balaban J connectivity index is 2.40. The maximum atomic E-state index is 8.27. The largest absolute Gasteiger partial charge is 0.281 e. The predicted molar refractivity (Wildman–Crippen MR) is 39.5 cm³/mol. The average Bonchev–Trinajstić information content (AvgIpc) is 2.17. The van der Waals surface area contributed by atoms with Crippen LogP contribution in [0.5, 0.6) is 0 Å². The number of nitrogens with one attached hydrogen (secondary N) is 1. The van der Waals surface area contributed by atoms with Gasteiger partial charge in [-0.15, -0.1) is 0 Å². The van der Waals surface area contributed by atoms with Gasteiger partial charge in [0.25, 0.3) is 0 Å². The summed E-state index contributed by atoms with van der Waals surface area (Å²) >= 11 is 0. The van der Waals surface area contributed by atoms with E-state index in [4.69, 9.17) is 5.26 Å². The maximum Gasteiger partial charge on any atom is 0.182 e. The molecule has 1 heterocycles. The van der Waals surface area contributed by atoms with Crippen molar-refractivity contribution in [2.75, 3.05) is 6.54 Å². The highest BCUT2D eigenvalue weighted by Crippen LogP contribution is 2.05. The van der Waals surface area contributed by atoms with Crippen LogP contribution in [0, 0.1) is 11.5 Å². The molecule has 0 aliphatic carbocycles. The van der Waals surface area contributed by atoms with Crippen molar-refractivity contribution in [1.29, 1.82) is 5.26 Å². The number of nitriles is 1. The summed E-state index contributed by atoms with van der Waals surface area (Å²) in [6.45, 7) is 0.879. The van der Waals surface area contributed by atoms with Crippen LogP contribution >= 0.6 is 0 Å². The Morgan fingerprint density at radius 2 is 2.30 bits per heavy atom. The summed E-state index contributed by atoms with van der Waals surface area (Å²) < 4.78 is 0. The lowest BCUT2D eigenvalue weighted by Gasteiger charge is -1.96. The van der Waals surface area contributed by atoms with E-state index < -0.39 is 0 Å². The van der Waals surface area contributed by atoms with Crippen LogP contribution in [0.4, 0.5) is 0 Å². The van der Waals surface area contributed by atoms with Gasteiger partial charge in [0, 0.05) is 13.0 Å². The quantitative estimate of drug-likeness (QED) is 0.400. The first-order chi connectivity index (χ1) is 4.93. The molecule has 0 aromatic heterocycles. The van der Waals surface area contributed by atoms with Crippen molar-refractivity contribution in [3.05, 3.63) is 0 Å². The molecule has 0 aromatic rings. The zero-order chi connectivity index (χ0) is 7.23. The third-order valence-electron chi connectivity index (χ3n) is 1.57. The van der Waals surface area contributed by atoms with Crippen molar-refractivity contribution in [2.24, 2.45) is 4.99 Å². The molecule has 0 aromatic carbocycles. The Morgan fingerprint density at radius 3 is 3.10 bits per heavy atom. The molecule has 0 fully saturated rings. The Morgan fingerprint density at radius 1 is 1.40 bits per heavy atom. The molecule has 0 spiro atoms. The summed E-state index contributed by atoms with van der Waals surface area (Å²) in [5.41, 5.74) is 0. The normalized spacial score (nSPS) is 18.5. The van der Waals surface area contributed by atoms with E-state index in [1.807, 2.05) is 6.19 Å². The minimum absolute atomic E-state index is 0.861. The lowest BCUT2D eigenvalue weighted by Crippen LogP contribution is -2.16. The molecule has 3 heteroatoms. The van der Waals surface area contributed by atoms with Crippen LogP contribution in [0.2, 0.25) is 0 Å². The molecule has 0 radical (unpaired) electrons. The number of aliphatic imine (C=N–C) groups is 1. The van der Waals surface area contributed by atoms with Crippen LogP contribution in [-0.4, -0.2) is 12.4 Å². The highest BCUT2D eigenvalue weighted by atomic mass is 15.0. The van der Waals surface area contributed by atoms with Crippen molar-refractivity contribution in [2.45, 2.75) is 25.7 Å². The third kappa shape index (κ3) is 2.06. The first kappa shape index (κ1) is 7.07. The highest BCUT2D eigenvalue weighted by Gasteiger charge is 2.01. The Labute approximate surface area is 60.8 Å². The van der Waals surface area contributed by atoms with E-state index in [0.717, 1.165) is 31.6 Å². The van der Waals surface area contributed by atoms with Gasteiger partial charge in [0.15, 0.2) is 6.19 Å². The molecule has 54 valence electrons. The first-order valence-corrected chi connectivity index (χ1v) is 3.62. The standard InChI is InChI=1S/C7H11N3/c8-6-10-7-4-2-1-3-5-9-7/h1-5H2,(H,9,10). The van der Waals surface area contributed by atoms with Gasteiger partial charge in [-0.25, -0.2) is 0 Å². The maximum absolute atomic E-state index is 8.27. The zero-order valence-electron chi connectivity index (χ0n) is 5.93. The van der Waals surface area contributed by atoms with Gasteiger partial charge < -0.3 is 0 Å². The van der Waals surface area contributed by atoms with Crippen molar-refractivity contribution < 1.29 is 0 Å². The molecule has 0 saturated carbocycles. The SMILES string of the molecule is N#CNC1=NCCCCC1. The molecule has 1 aliphatic rings. The number of hydrogen-bond acceptors (Lipinski definition) is 3. The monoisotopic (exact) mass is 137 g/mol. The molecule has 1 aliphatic heterocycles. The molecule has 0 unspecified atom stereocenters. The van der Waals surface area contributed by atoms with Crippen molar-refractivity contribution in [1.82, 2.24) is 5.32 Å². The van der Waals surface area contributed by atoms with E-state index >= 15 is 0 Å². The van der Waals surface area contributed by atoms with E-state index in [9.17, 15) is 0 Å². The molecule has 3 nitrogen and oxygen atoms in total. The van der Waals surface area contributed by atoms with Crippen molar-refractivity contribution in [3.63, 3.8) is 0 Å². The van der Waals surface area contributed by atoms with E-state index in [1.165, 1.54) is 6.42 Å². The van der Waals surface area contributed by atoms with Crippen LogP contribution in [0.15, 0.2) is 4.99 Å². The van der Waals surface area contributed by atoms with Crippen molar-refractivity contribution >= 4 is 5.84 Å². The fourth-order valence-electron chi connectivity index (χ4n) is 1.04. The van der Waals surface area contributed by atoms with Gasteiger partial charge in [-0.3, -0.25) is 10.3 Å². The second-order valence-corrected chi connectivity index (χ2v) is 2.38. The summed E-state index contributed by atoms with van der Waals surface area (Å²) in [5, 5.41) is 10.8. The zero-order valence-corrected chi connectivity index (χ0v) is 5.93. The fourth-order valence-corrected chi connectivity index (χ4v) is 1.04. The Bertz CT molecular complexity index is 166. The molecule has 0 saturated heterocycles. The molecule has 1 rings (SSSR count). The van der Waals surface area contributed by atoms with Gasteiger partial charge in [-0.2, -0.15) is 5.26 Å². The topological polar surface area (TPSA) is 48.2 Å². The minimum atomic E-state index is 0.861. The van der Waals surface area contributed by atoms with Crippen LogP contribution in [-0.2, 0) is 0 Å². The molecule has 0 amide bonds. The third-order valence-corrected chi connectivity index (χ3v) is 1.57. The molecule has 1 N–H and O–H groups in total. The second kappa shape index (κ2) is 3.89. The summed E-state index contributed by atoms with van der Waals surface area (Å²) in [5.74, 6) is 0.861. The van der Waals surface area contributed by atoms with Crippen LogP contribution in [0.3, 0.4) is 0 Å². The van der Waals surface area contributed by atoms with Gasteiger partial charge in [0.05, 0.1) is 0 Å². The van der Waals surface area contributed by atoms with Gasteiger partial charge in [0.1, 0.15) is 5.84 Å². The Kier molecular flexibility index (Phi) is 2.75. The second-order valence-electron chi connectivity index (χ2n) is 2.38. The van der Waals surface area contributed by atoms with Gasteiger partial charge in [-0.05, 0) is 12.8 Å². The number of rotatable bonds is 0. The van der Waals surface area contributed by atoms with E-state index in [2.05, 4.69) is 10.3 Å². The summed E-state index contributed by atoms with van der Waals surface area (Å²) in [6.07, 6.45) is 6.38. The lowest BCUT2D eigenvalue weighted by atomic mass is 10.2. The summed E-state index contributed by atoms with van der Waals surface area (Å²) in [7, 11) is 0. The van der Waals surface area contributed by atoms with Gasteiger partial charge in [0.2, 0.25) is 0 Å². The molecule has 0 atom stereocenters. The van der Waals surface area contributed by atoms with Crippen LogP contribution in [0.1, 0.15) is 25.7 Å². The van der Waals surface area contributed by atoms with E-state index in [1.54, 1.807) is 0 Å². The average molecular weight is 137 g/mol. The van der Waals surface area contributed by atoms with E-state index in [-0.39, 0.29) is 0 Å². The molecule has 0 bridgehead atoms. The van der Waals surface area contributed by atoms with Gasteiger partial charge >= 0.3 is 0 Å². The smallest absolute Gasteiger partial charge is 0.182 e. The molecule has 10 heavy (non-hydrogen) atoms. The van der Waals surface area contributed by atoms with Gasteiger partial charge in [-0.1, -0.05) is 6.42 Å². The van der Waals surface area contributed by atoms with Crippen LogP contribution in [0.25, 0.3) is 0 Å². The Hall–Kier alpha value is -1.04. The van der Waals surface area contributed by atoms with E-state index in [0.29, 0.717) is 0 Å². The minimum Gasteiger partial charge on any atom is -0.281 e. The summed E-state index contributed by atoms with van der Waals surface area (Å²) in [6, 6.07) is 0. The number of hydrogen-bond donors (Lipinski definition) is 1. The van der Waals surface area contributed by atoms with Crippen LogP contribution < -0.4 is 5.32 Å². The summed E-state index contributed by atoms with van der Waals surface area (Å²) in [4.78, 5) is 4.20.